The highest BCUT2D eigenvalue weighted by molar-refractivity contribution is 14.0. The monoisotopic (exact) mass is 477 g/mol. The van der Waals surface area contributed by atoms with Gasteiger partial charge in [0.2, 0.25) is 0 Å². The molecule has 0 spiro atoms. The summed E-state index contributed by atoms with van der Waals surface area (Å²) in [5, 5.41) is 13.8. The third kappa shape index (κ3) is 6.19. The molecule has 0 unspecified atom stereocenters. The molecule has 1 aliphatic rings. The fourth-order valence-electron chi connectivity index (χ4n) is 3.20. The van der Waals surface area contributed by atoms with E-state index in [2.05, 4.69) is 10.3 Å². The molecule has 6 nitrogen and oxygen atoms in total. The van der Waals surface area contributed by atoms with Crippen LogP contribution in [0.5, 0.6) is 11.5 Å². The van der Waals surface area contributed by atoms with Crippen LogP contribution in [0, 0.1) is 0 Å². The normalized spacial score (nSPS) is 16.0. The number of aliphatic hydroxyl groups is 1. The van der Waals surface area contributed by atoms with Crippen molar-refractivity contribution in [1.29, 1.82) is 0 Å². The zero-order chi connectivity index (χ0) is 18.3. The lowest BCUT2D eigenvalue weighted by Gasteiger charge is -2.25. The van der Waals surface area contributed by atoms with E-state index in [-0.39, 0.29) is 24.0 Å². The van der Waals surface area contributed by atoms with Crippen LogP contribution in [0.25, 0.3) is 0 Å². The highest BCUT2D eigenvalue weighted by atomic mass is 127. The minimum atomic E-state index is -0.640. The quantitative estimate of drug-likeness (QED) is 0.359. The molecule has 26 heavy (non-hydrogen) atoms. The second kappa shape index (κ2) is 10.8. The number of ether oxygens (including phenoxy) is 2. The molecule has 2 N–H and O–H groups in total. The lowest BCUT2D eigenvalue weighted by Crippen LogP contribution is -2.40. The van der Waals surface area contributed by atoms with Crippen LogP contribution < -0.4 is 14.8 Å². The summed E-state index contributed by atoms with van der Waals surface area (Å²) in [5.41, 5.74) is 0.412. The lowest BCUT2D eigenvalue weighted by atomic mass is 10.0. The summed E-state index contributed by atoms with van der Waals surface area (Å²) in [6.45, 7) is 3.92. The van der Waals surface area contributed by atoms with Gasteiger partial charge in [0.05, 0.1) is 26.4 Å². The smallest absolute Gasteiger partial charge is 0.194 e. The van der Waals surface area contributed by atoms with Crippen molar-refractivity contribution in [2.75, 3.05) is 34.4 Å². The van der Waals surface area contributed by atoms with Crippen LogP contribution in [-0.4, -0.2) is 55.9 Å². The fraction of sp³-hybridized carbons (Fsp3) is 0.632. The molecule has 0 bridgehead atoms. The van der Waals surface area contributed by atoms with E-state index in [4.69, 9.17) is 9.47 Å². The maximum absolute atomic E-state index is 10.5. The Balaban J connectivity index is 0.00000338. The van der Waals surface area contributed by atoms with Crippen LogP contribution in [0.2, 0.25) is 0 Å². The van der Waals surface area contributed by atoms with Crippen LogP contribution in [0.3, 0.4) is 0 Å². The Labute approximate surface area is 174 Å². The molecule has 0 aromatic heterocycles. The van der Waals surface area contributed by atoms with E-state index in [0.717, 1.165) is 55.3 Å². The molecule has 1 aliphatic carbocycles. The highest BCUT2D eigenvalue weighted by Crippen LogP contribution is 2.29. The van der Waals surface area contributed by atoms with E-state index < -0.39 is 5.60 Å². The average Bonchev–Trinajstić information content (AvgIpc) is 3.05. The zero-order valence-corrected chi connectivity index (χ0v) is 18.6. The van der Waals surface area contributed by atoms with Crippen molar-refractivity contribution in [2.45, 2.75) is 44.8 Å². The summed E-state index contributed by atoms with van der Waals surface area (Å²) in [6, 6.07) is 5.81. The Morgan fingerprint density at radius 2 is 1.96 bits per heavy atom. The summed E-state index contributed by atoms with van der Waals surface area (Å²) in [5.74, 6) is 2.35. The van der Waals surface area contributed by atoms with Gasteiger partial charge in [-0.25, -0.2) is 0 Å². The van der Waals surface area contributed by atoms with Crippen LogP contribution in [0.4, 0.5) is 0 Å². The predicted octanol–water partition coefficient (Wildman–Crippen LogP) is 3.02. The first-order valence-corrected chi connectivity index (χ1v) is 8.94. The van der Waals surface area contributed by atoms with Gasteiger partial charge in [-0.05, 0) is 31.9 Å². The first-order valence-electron chi connectivity index (χ1n) is 8.94. The van der Waals surface area contributed by atoms with E-state index in [9.17, 15) is 5.11 Å². The van der Waals surface area contributed by atoms with Crippen LogP contribution in [0.1, 0.15) is 38.2 Å². The molecule has 2 rings (SSSR count). The van der Waals surface area contributed by atoms with Gasteiger partial charge in [0.25, 0.3) is 0 Å². The molecular formula is C19H32IN3O3. The van der Waals surface area contributed by atoms with Crippen molar-refractivity contribution >= 4 is 29.9 Å². The SMILES string of the molecule is CCNC(=NCC1(O)CCCC1)N(C)Cc1ccc(OC)cc1OC.I. The van der Waals surface area contributed by atoms with Gasteiger partial charge in [-0.2, -0.15) is 0 Å². The van der Waals surface area contributed by atoms with E-state index in [0.29, 0.717) is 13.1 Å². The molecule has 1 fully saturated rings. The molecule has 0 saturated heterocycles. The van der Waals surface area contributed by atoms with Gasteiger partial charge in [-0.3, -0.25) is 4.99 Å². The third-order valence-electron chi connectivity index (χ3n) is 4.66. The Hall–Kier alpha value is -1.22. The van der Waals surface area contributed by atoms with Crippen LogP contribution in [-0.2, 0) is 6.54 Å². The van der Waals surface area contributed by atoms with Crippen LogP contribution in [0.15, 0.2) is 23.2 Å². The van der Waals surface area contributed by atoms with Gasteiger partial charge < -0.3 is 24.8 Å². The molecule has 0 heterocycles. The van der Waals surface area contributed by atoms with E-state index in [1.165, 1.54) is 0 Å². The van der Waals surface area contributed by atoms with Crippen molar-refractivity contribution in [3.05, 3.63) is 23.8 Å². The number of guanidine groups is 1. The summed E-state index contributed by atoms with van der Waals surface area (Å²) >= 11 is 0. The van der Waals surface area contributed by atoms with Gasteiger partial charge in [-0.1, -0.05) is 12.8 Å². The number of halogens is 1. The number of benzene rings is 1. The molecule has 0 aliphatic heterocycles. The molecule has 0 radical (unpaired) electrons. The predicted molar refractivity (Wildman–Crippen MR) is 116 cm³/mol. The summed E-state index contributed by atoms with van der Waals surface area (Å²) in [7, 11) is 5.29. The van der Waals surface area contributed by atoms with Gasteiger partial charge >= 0.3 is 0 Å². The number of hydrogen-bond donors (Lipinski definition) is 2. The van der Waals surface area contributed by atoms with E-state index in [1.54, 1.807) is 14.2 Å². The second-order valence-corrected chi connectivity index (χ2v) is 6.64. The highest BCUT2D eigenvalue weighted by Gasteiger charge is 2.31. The zero-order valence-electron chi connectivity index (χ0n) is 16.2. The minimum Gasteiger partial charge on any atom is -0.497 e. The molecular weight excluding hydrogens is 445 g/mol. The van der Waals surface area contributed by atoms with Gasteiger partial charge in [0, 0.05) is 31.8 Å². The largest absolute Gasteiger partial charge is 0.497 e. The lowest BCUT2D eigenvalue weighted by molar-refractivity contribution is 0.0572. The Bertz CT molecular complexity index is 589. The number of rotatable bonds is 7. The molecule has 0 amide bonds. The average molecular weight is 477 g/mol. The molecule has 1 aromatic carbocycles. The molecule has 7 heteroatoms. The van der Waals surface area contributed by atoms with Crippen molar-refractivity contribution in [2.24, 2.45) is 4.99 Å². The third-order valence-corrected chi connectivity index (χ3v) is 4.66. The summed E-state index contributed by atoms with van der Waals surface area (Å²) in [6.07, 6.45) is 3.85. The molecule has 0 atom stereocenters. The van der Waals surface area contributed by atoms with Crippen LogP contribution >= 0.6 is 24.0 Å². The minimum absolute atomic E-state index is 0. The number of nitrogens with one attached hydrogen (secondary N) is 1. The first kappa shape index (κ1) is 22.8. The van der Waals surface area contributed by atoms with Crippen molar-refractivity contribution in [3.63, 3.8) is 0 Å². The number of nitrogens with zero attached hydrogens (tertiary/aromatic N) is 2. The Morgan fingerprint density at radius 3 is 2.54 bits per heavy atom. The topological polar surface area (TPSA) is 66.3 Å². The van der Waals surface area contributed by atoms with Crippen molar-refractivity contribution in [3.8, 4) is 11.5 Å². The number of hydrogen-bond acceptors (Lipinski definition) is 4. The fourth-order valence-corrected chi connectivity index (χ4v) is 3.20. The van der Waals surface area contributed by atoms with E-state index in [1.807, 2.05) is 37.1 Å². The van der Waals surface area contributed by atoms with Gasteiger partial charge in [-0.15, -0.1) is 24.0 Å². The number of methoxy groups -OCH3 is 2. The van der Waals surface area contributed by atoms with Gasteiger partial charge in [0.1, 0.15) is 11.5 Å². The second-order valence-electron chi connectivity index (χ2n) is 6.64. The van der Waals surface area contributed by atoms with Crippen molar-refractivity contribution in [1.82, 2.24) is 10.2 Å². The Morgan fingerprint density at radius 1 is 1.27 bits per heavy atom. The maximum Gasteiger partial charge on any atom is 0.194 e. The standard InChI is InChI=1S/C19H31N3O3.HI/c1-5-20-18(21-14-19(23)10-6-7-11-19)22(2)13-15-8-9-16(24-3)12-17(15)25-4;/h8-9,12,23H,5-7,10-11,13-14H2,1-4H3,(H,20,21);1H. The maximum atomic E-state index is 10.5. The van der Waals surface area contributed by atoms with Crippen molar-refractivity contribution < 1.29 is 14.6 Å². The summed E-state index contributed by atoms with van der Waals surface area (Å²) in [4.78, 5) is 6.72. The first-order chi connectivity index (χ1) is 12.0. The van der Waals surface area contributed by atoms with E-state index >= 15 is 0 Å². The molecule has 1 aromatic rings. The summed E-state index contributed by atoms with van der Waals surface area (Å²) < 4.78 is 10.7. The number of aliphatic imine (C=N–C) groups is 1. The Kier molecular flexibility index (Phi) is 9.49. The molecule has 148 valence electrons. The molecule has 1 saturated carbocycles. The van der Waals surface area contributed by atoms with Gasteiger partial charge in [0.15, 0.2) is 5.96 Å².